The van der Waals surface area contributed by atoms with Crippen molar-refractivity contribution in [3.8, 4) is 0 Å². The van der Waals surface area contributed by atoms with Crippen LogP contribution in [0.2, 0.25) is 0 Å². The zero-order chi connectivity index (χ0) is 15.9. The Bertz CT molecular complexity index is 702. The fourth-order valence-electron chi connectivity index (χ4n) is 3.12. The van der Waals surface area contributed by atoms with Crippen molar-refractivity contribution in [2.75, 3.05) is 6.54 Å². The fourth-order valence-corrected chi connectivity index (χ4v) is 3.12. The molecule has 22 heavy (non-hydrogen) atoms. The van der Waals surface area contributed by atoms with Crippen LogP contribution in [-0.2, 0) is 16.0 Å². The SMILES string of the molecule is CC1(C)[C@H](C(=O)O)[C@@H]1C(=O)NCCc1cn2ccccc2n1. The van der Waals surface area contributed by atoms with Crippen molar-refractivity contribution >= 4 is 17.5 Å². The first-order chi connectivity index (χ1) is 10.4. The number of carboxylic acid groups (broad SMARTS) is 1. The molecule has 116 valence electrons. The van der Waals surface area contributed by atoms with E-state index in [0.717, 1.165) is 11.3 Å². The number of fused-ring (bicyclic) bond motifs is 1. The molecule has 1 aliphatic carbocycles. The van der Waals surface area contributed by atoms with E-state index in [0.29, 0.717) is 13.0 Å². The van der Waals surface area contributed by atoms with E-state index < -0.39 is 23.2 Å². The van der Waals surface area contributed by atoms with Gasteiger partial charge in [-0.15, -0.1) is 0 Å². The van der Waals surface area contributed by atoms with E-state index in [-0.39, 0.29) is 5.91 Å². The molecule has 2 heterocycles. The number of nitrogens with one attached hydrogen (secondary N) is 1. The molecule has 1 aliphatic rings. The molecule has 2 aromatic rings. The first-order valence-corrected chi connectivity index (χ1v) is 7.34. The van der Waals surface area contributed by atoms with Crippen molar-refractivity contribution in [3.63, 3.8) is 0 Å². The number of carbonyl (C=O) groups is 2. The van der Waals surface area contributed by atoms with Crippen LogP contribution in [0, 0.1) is 17.3 Å². The minimum atomic E-state index is -0.898. The second-order valence-corrected chi connectivity index (χ2v) is 6.35. The Morgan fingerprint density at radius 2 is 2.14 bits per heavy atom. The van der Waals surface area contributed by atoms with Gasteiger partial charge in [0, 0.05) is 25.4 Å². The highest BCUT2D eigenvalue weighted by Gasteiger charge is 2.65. The number of carbonyl (C=O) groups excluding carboxylic acids is 1. The molecule has 0 aromatic carbocycles. The third-order valence-electron chi connectivity index (χ3n) is 4.47. The molecule has 2 aromatic heterocycles. The number of aromatic nitrogens is 2. The summed E-state index contributed by atoms with van der Waals surface area (Å²) >= 11 is 0. The van der Waals surface area contributed by atoms with Gasteiger partial charge in [-0.25, -0.2) is 4.98 Å². The highest BCUT2D eigenvalue weighted by Crippen LogP contribution is 2.58. The molecule has 1 amide bonds. The van der Waals surface area contributed by atoms with E-state index in [2.05, 4.69) is 10.3 Å². The Hall–Kier alpha value is -2.37. The standard InChI is InChI=1S/C16H19N3O3/c1-16(2)12(13(16)15(21)22)14(20)17-7-6-10-9-19-8-4-3-5-11(19)18-10/h3-5,8-9,12-13H,6-7H2,1-2H3,(H,17,20)(H,21,22)/t12-,13+/m1/s1. The molecule has 0 aliphatic heterocycles. The molecule has 0 saturated heterocycles. The molecule has 2 atom stereocenters. The van der Waals surface area contributed by atoms with Gasteiger partial charge in [-0.05, 0) is 17.5 Å². The largest absolute Gasteiger partial charge is 0.481 e. The molecular formula is C16H19N3O3. The van der Waals surface area contributed by atoms with Crippen LogP contribution in [0.15, 0.2) is 30.6 Å². The lowest BCUT2D eigenvalue weighted by Crippen LogP contribution is -2.29. The van der Waals surface area contributed by atoms with Crippen LogP contribution < -0.4 is 5.32 Å². The summed E-state index contributed by atoms with van der Waals surface area (Å²) < 4.78 is 1.93. The summed E-state index contributed by atoms with van der Waals surface area (Å²) in [5.41, 5.74) is 1.31. The van der Waals surface area contributed by atoms with Crippen LogP contribution in [0.4, 0.5) is 0 Å². The van der Waals surface area contributed by atoms with Crippen molar-refractivity contribution in [2.24, 2.45) is 17.3 Å². The number of hydrogen-bond donors (Lipinski definition) is 2. The van der Waals surface area contributed by atoms with Gasteiger partial charge >= 0.3 is 5.97 Å². The van der Waals surface area contributed by atoms with Gasteiger partial charge in [0.15, 0.2) is 0 Å². The van der Waals surface area contributed by atoms with E-state index in [1.54, 1.807) is 0 Å². The third-order valence-corrected chi connectivity index (χ3v) is 4.47. The minimum Gasteiger partial charge on any atom is -0.481 e. The summed E-state index contributed by atoms with van der Waals surface area (Å²) in [6, 6.07) is 5.78. The lowest BCUT2D eigenvalue weighted by Gasteiger charge is -2.04. The third kappa shape index (κ3) is 2.45. The molecular weight excluding hydrogens is 282 g/mol. The van der Waals surface area contributed by atoms with Crippen LogP contribution in [0.25, 0.3) is 5.65 Å². The fraction of sp³-hybridized carbons (Fsp3) is 0.438. The lowest BCUT2D eigenvalue weighted by molar-refractivity contribution is -0.140. The highest BCUT2D eigenvalue weighted by atomic mass is 16.4. The van der Waals surface area contributed by atoms with Gasteiger partial charge in [0.05, 0.1) is 17.5 Å². The van der Waals surface area contributed by atoms with Crippen molar-refractivity contribution < 1.29 is 14.7 Å². The Morgan fingerprint density at radius 3 is 2.77 bits per heavy atom. The summed E-state index contributed by atoms with van der Waals surface area (Å²) in [6.07, 6.45) is 4.48. The molecule has 2 N–H and O–H groups in total. The normalized spacial score (nSPS) is 22.5. The molecule has 0 radical (unpaired) electrons. The van der Waals surface area contributed by atoms with E-state index in [9.17, 15) is 9.59 Å². The van der Waals surface area contributed by atoms with Gasteiger partial charge in [0.1, 0.15) is 5.65 Å². The molecule has 1 saturated carbocycles. The second-order valence-electron chi connectivity index (χ2n) is 6.35. The Morgan fingerprint density at radius 1 is 1.36 bits per heavy atom. The van der Waals surface area contributed by atoms with E-state index in [1.165, 1.54) is 0 Å². The van der Waals surface area contributed by atoms with Crippen molar-refractivity contribution in [1.82, 2.24) is 14.7 Å². The molecule has 6 nitrogen and oxygen atoms in total. The number of aliphatic carboxylic acids is 1. The van der Waals surface area contributed by atoms with Gasteiger partial charge in [0.2, 0.25) is 5.91 Å². The average Bonchev–Trinajstić information content (AvgIpc) is 2.84. The zero-order valence-electron chi connectivity index (χ0n) is 12.6. The van der Waals surface area contributed by atoms with Gasteiger partial charge in [0.25, 0.3) is 0 Å². The van der Waals surface area contributed by atoms with Crippen molar-refractivity contribution in [2.45, 2.75) is 20.3 Å². The minimum absolute atomic E-state index is 0.179. The van der Waals surface area contributed by atoms with E-state index in [4.69, 9.17) is 5.11 Å². The van der Waals surface area contributed by atoms with E-state index >= 15 is 0 Å². The zero-order valence-corrected chi connectivity index (χ0v) is 12.6. The summed E-state index contributed by atoms with van der Waals surface area (Å²) in [5.74, 6) is -2.10. The number of nitrogens with zero attached hydrogens (tertiary/aromatic N) is 2. The molecule has 1 fully saturated rings. The first kappa shape index (κ1) is 14.6. The maximum Gasteiger partial charge on any atom is 0.307 e. The molecule has 0 unspecified atom stereocenters. The van der Waals surface area contributed by atoms with Gasteiger partial charge in [-0.1, -0.05) is 19.9 Å². The molecule has 0 spiro atoms. The van der Waals surface area contributed by atoms with Gasteiger partial charge in [-0.3, -0.25) is 9.59 Å². The summed E-state index contributed by atoms with van der Waals surface area (Å²) in [5, 5.41) is 11.9. The number of imidazole rings is 1. The second kappa shape index (κ2) is 5.12. The summed E-state index contributed by atoms with van der Waals surface area (Å²) in [4.78, 5) is 27.7. The maximum atomic E-state index is 12.1. The summed E-state index contributed by atoms with van der Waals surface area (Å²) in [6.45, 7) is 4.10. The Balaban J connectivity index is 1.55. The van der Waals surface area contributed by atoms with Crippen LogP contribution in [0.1, 0.15) is 19.5 Å². The topological polar surface area (TPSA) is 83.7 Å². The number of carboxylic acids is 1. The quantitative estimate of drug-likeness (QED) is 0.873. The van der Waals surface area contributed by atoms with Crippen LogP contribution >= 0.6 is 0 Å². The summed E-state index contributed by atoms with van der Waals surface area (Å²) in [7, 11) is 0. The number of amides is 1. The van der Waals surface area contributed by atoms with E-state index in [1.807, 2.05) is 48.8 Å². The van der Waals surface area contributed by atoms with Gasteiger partial charge in [-0.2, -0.15) is 0 Å². The monoisotopic (exact) mass is 301 g/mol. The average molecular weight is 301 g/mol. The van der Waals surface area contributed by atoms with Crippen molar-refractivity contribution in [1.29, 1.82) is 0 Å². The van der Waals surface area contributed by atoms with Crippen molar-refractivity contribution in [3.05, 3.63) is 36.3 Å². The first-order valence-electron chi connectivity index (χ1n) is 7.34. The highest BCUT2D eigenvalue weighted by molar-refractivity contribution is 5.91. The number of pyridine rings is 1. The van der Waals surface area contributed by atoms with Crippen LogP contribution in [0.3, 0.4) is 0 Å². The smallest absolute Gasteiger partial charge is 0.307 e. The number of hydrogen-bond acceptors (Lipinski definition) is 3. The Labute approximate surface area is 128 Å². The molecule has 6 heteroatoms. The Kier molecular flexibility index (Phi) is 3.39. The predicted molar refractivity (Wildman–Crippen MR) is 80.3 cm³/mol. The predicted octanol–water partition coefficient (Wildman–Crippen LogP) is 1.35. The van der Waals surface area contributed by atoms with Crippen LogP contribution in [0.5, 0.6) is 0 Å². The molecule has 0 bridgehead atoms. The maximum absolute atomic E-state index is 12.1. The van der Waals surface area contributed by atoms with Crippen LogP contribution in [-0.4, -0.2) is 32.9 Å². The molecule has 3 rings (SSSR count). The lowest BCUT2D eigenvalue weighted by atomic mass is 10.1. The number of rotatable bonds is 5. The van der Waals surface area contributed by atoms with Gasteiger partial charge < -0.3 is 14.8 Å².